The van der Waals surface area contributed by atoms with Crippen molar-refractivity contribution in [3.63, 3.8) is 0 Å². The van der Waals surface area contributed by atoms with Crippen LogP contribution in [0.2, 0.25) is 0 Å². The number of rotatable bonds is 0. The fourth-order valence-electron chi connectivity index (χ4n) is 0. The zero-order valence-corrected chi connectivity index (χ0v) is 14.1. The molecule has 6 heteroatoms. The van der Waals surface area contributed by atoms with Crippen molar-refractivity contribution in [1.82, 2.24) is 0 Å². The molecule has 9 radical (unpaired) electrons. The first kappa shape index (κ1) is 50.1. The fourth-order valence-corrected chi connectivity index (χ4v) is 0. The van der Waals surface area contributed by atoms with Crippen molar-refractivity contribution in [2.45, 2.75) is 0 Å². The van der Waals surface area contributed by atoms with Crippen LogP contribution in [0.3, 0.4) is 0 Å². The van der Waals surface area contributed by atoms with Crippen molar-refractivity contribution in [2.24, 2.45) is 0 Å². The smallest absolute Gasteiger partial charge is 1.00 e. The summed E-state index contributed by atoms with van der Waals surface area (Å²) in [5.74, 6) is 0. The Bertz CT molecular complexity index is 18.0. The van der Waals surface area contributed by atoms with Gasteiger partial charge in [0.1, 0.15) is 0 Å². The van der Waals surface area contributed by atoms with Gasteiger partial charge in [0.2, 0.25) is 0 Å². The molecule has 0 heterocycles. The zero-order chi connectivity index (χ0) is 0. The number of hydrogen-bond donors (Lipinski definition) is 0. The van der Waals surface area contributed by atoms with Crippen LogP contribution in [0.15, 0.2) is 0 Å². The van der Waals surface area contributed by atoms with Crippen molar-refractivity contribution >= 4 is 60.9 Å². The molecule has 0 aromatic carbocycles. The quantitative estimate of drug-likeness (QED) is 0.361. The van der Waals surface area contributed by atoms with Gasteiger partial charge in [-0.1, -0.05) is 0 Å². The third-order valence-electron chi connectivity index (χ3n) is 0. The van der Waals surface area contributed by atoms with E-state index in [0.717, 1.165) is 0 Å². The van der Waals surface area contributed by atoms with E-state index in [1.165, 1.54) is 0 Å². The van der Waals surface area contributed by atoms with Crippen molar-refractivity contribution in [2.75, 3.05) is 0 Å². The van der Waals surface area contributed by atoms with Crippen molar-refractivity contribution < 1.29 is 67.9 Å². The van der Waals surface area contributed by atoms with Crippen LogP contribution in [0.25, 0.3) is 0 Å². The van der Waals surface area contributed by atoms with E-state index in [4.69, 9.17) is 0 Å². The molecule has 0 atom stereocenters. The molecule has 0 fully saturated rings. The van der Waals surface area contributed by atoms with Gasteiger partial charge in [-0.3, -0.25) is 0 Å². The molecule has 0 bridgehead atoms. The van der Waals surface area contributed by atoms with E-state index in [0.29, 0.717) is 0 Å². The molecule has 0 aromatic rings. The first-order chi connectivity index (χ1) is 0. The molecule has 0 saturated heterocycles. The van der Waals surface area contributed by atoms with Gasteiger partial charge >= 0.3 is 37.7 Å². The monoisotopic (exact) mass is 393 g/mol. The zero-order valence-electron chi connectivity index (χ0n) is 6.31. The van der Waals surface area contributed by atoms with Crippen LogP contribution in [0.1, 0.15) is 2.85 Å². The minimum absolute atomic E-state index is 0. The van der Waals surface area contributed by atoms with E-state index in [1.54, 1.807) is 0 Å². The molecule has 0 N–H and O–H groups in total. The largest absolute Gasteiger partial charge is 1.00 e. The molecule has 17 valence electrons. The van der Waals surface area contributed by atoms with Crippen LogP contribution < -0.4 is 37.7 Å². The summed E-state index contributed by atoms with van der Waals surface area (Å²) in [6, 6.07) is 0. The summed E-state index contributed by atoms with van der Waals surface area (Å²) < 4.78 is 0. The molecule has 0 amide bonds. The van der Waals surface area contributed by atoms with Gasteiger partial charge in [0.05, 0.1) is 0 Å². The number of hydrogen-bond acceptors (Lipinski definition) is 0. The van der Waals surface area contributed by atoms with Crippen LogP contribution in [0.4, 0.5) is 0 Å². The molecular formula is H2Al2BiCdLi2. The Balaban J connectivity index is 0. The maximum absolute atomic E-state index is 0. The molecule has 0 rings (SSSR count). The van der Waals surface area contributed by atoms with Gasteiger partial charge in [0, 0.05) is 88.2 Å². The SMILES string of the molecule is [Al].[Al].[Bi].[Cd].[H-].[H-].[Li+].[Li+]. The summed E-state index contributed by atoms with van der Waals surface area (Å²) in [5, 5.41) is 0. The predicted molar refractivity (Wildman–Crippen MR) is 19.5 cm³/mol. The molecule has 0 aliphatic rings. The average Bonchev–Trinajstić information content (AvgIpc) is 0. The van der Waals surface area contributed by atoms with E-state index in [-0.39, 0.29) is 129 Å². The molecule has 0 unspecified atom stereocenters. The Morgan fingerprint density at radius 3 is 0.833 bits per heavy atom. The van der Waals surface area contributed by atoms with Crippen LogP contribution in [-0.2, 0) is 27.3 Å². The minimum Gasteiger partial charge on any atom is -1.00 e. The van der Waals surface area contributed by atoms with E-state index in [9.17, 15) is 0 Å². The normalized spacial score (nSPS) is 0. The standard InChI is InChI=1S/2Al.Bi.Cd.2Li.2H/q;;;;2*+1;2*-1. The minimum atomic E-state index is 0. The second-order valence-electron chi connectivity index (χ2n) is 0. The van der Waals surface area contributed by atoms with E-state index in [2.05, 4.69) is 0 Å². The molecule has 0 aromatic heterocycles. The van der Waals surface area contributed by atoms with E-state index >= 15 is 0 Å². The molecule has 0 nitrogen and oxygen atoms in total. The Labute approximate surface area is 126 Å². The predicted octanol–water partition coefficient (Wildman–Crippen LogP) is -6.91. The second-order valence-corrected chi connectivity index (χ2v) is 0. The van der Waals surface area contributed by atoms with Gasteiger partial charge in [0.25, 0.3) is 0 Å². The van der Waals surface area contributed by atoms with Gasteiger partial charge in [-0.25, -0.2) is 0 Å². The first-order valence-electron chi connectivity index (χ1n) is 0. The van der Waals surface area contributed by atoms with Gasteiger partial charge < -0.3 is 2.85 Å². The molecule has 0 spiro atoms. The van der Waals surface area contributed by atoms with Crippen LogP contribution in [-0.4, -0.2) is 60.9 Å². The molecular weight excluding hydrogens is 389 g/mol. The van der Waals surface area contributed by atoms with Crippen molar-refractivity contribution in [3.8, 4) is 0 Å². The maximum atomic E-state index is 0. The van der Waals surface area contributed by atoms with Crippen LogP contribution in [0.5, 0.6) is 0 Å². The van der Waals surface area contributed by atoms with Crippen LogP contribution in [0, 0.1) is 0 Å². The molecule has 6 heavy (non-hydrogen) atoms. The molecule has 0 saturated carbocycles. The van der Waals surface area contributed by atoms with Crippen molar-refractivity contribution in [1.29, 1.82) is 0 Å². The summed E-state index contributed by atoms with van der Waals surface area (Å²) >= 11 is 0. The summed E-state index contributed by atoms with van der Waals surface area (Å²) in [7, 11) is 0. The Morgan fingerprint density at radius 1 is 0.833 bits per heavy atom. The Hall–Kier alpha value is 4.06. The van der Waals surface area contributed by atoms with E-state index in [1.807, 2.05) is 0 Å². The summed E-state index contributed by atoms with van der Waals surface area (Å²) in [6.07, 6.45) is 0. The molecule has 0 aliphatic heterocycles. The summed E-state index contributed by atoms with van der Waals surface area (Å²) in [4.78, 5) is 0. The fraction of sp³-hybridized carbons (Fsp3) is 0. The van der Waals surface area contributed by atoms with Gasteiger partial charge in [-0.2, -0.15) is 0 Å². The van der Waals surface area contributed by atoms with E-state index < -0.39 is 0 Å². The van der Waals surface area contributed by atoms with Crippen LogP contribution >= 0.6 is 0 Å². The van der Waals surface area contributed by atoms with Crippen molar-refractivity contribution in [3.05, 3.63) is 0 Å². The Kier molecular flexibility index (Phi) is 298. The topological polar surface area (TPSA) is 0 Å². The second kappa shape index (κ2) is 35.7. The van der Waals surface area contributed by atoms with Gasteiger partial charge in [-0.05, 0) is 0 Å². The maximum Gasteiger partial charge on any atom is 1.00 e. The first-order valence-corrected chi connectivity index (χ1v) is 0. The Morgan fingerprint density at radius 2 is 0.833 bits per heavy atom. The molecule has 0 aliphatic carbocycles. The summed E-state index contributed by atoms with van der Waals surface area (Å²) in [6.45, 7) is 0. The van der Waals surface area contributed by atoms with Gasteiger partial charge in [-0.15, -0.1) is 0 Å². The third kappa shape index (κ3) is 24.4. The average molecular weight is 391 g/mol. The third-order valence-corrected chi connectivity index (χ3v) is 0. The summed E-state index contributed by atoms with van der Waals surface area (Å²) in [5.41, 5.74) is 0. The van der Waals surface area contributed by atoms with Gasteiger partial charge in [0.15, 0.2) is 0 Å².